The fourth-order valence-corrected chi connectivity index (χ4v) is 3.98. The average molecular weight is 205 g/mol. The molecule has 1 fully saturated rings. The molecule has 0 aromatic carbocycles. The van der Waals surface area contributed by atoms with Crippen LogP contribution in [0.1, 0.15) is 23.2 Å². The maximum absolute atomic E-state index is 3.53. The molecule has 1 aliphatic heterocycles. The fraction of sp³-hybridized carbons (Fsp3) is 0.200. The molecule has 2 atom stereocenters. The topological polar surface area (TPSA) is 21.9 Å². The maximum atomic E-state index is 3.53. The van der Waals surface area contributed by atoms with Crippen molar-refractivity contribution >= 4 is 22.7 Å². The first-order valence-electron chi connectivity index (χ1n) is 4.34. The molecule has 0 spiro atoms. The summed E-state index contributed by atoms with van der Waals surface area (Å²) in [5.74, 6) is 0. The SMILES string of the molecule is c1scc2c1-c1cscc1C1NC21. The number of thiophene rings is 2. The van der Waals surface area contributed by atoms with Gasteiger partial charge in [0.15, 0.2) is 0 Å². The van der Waals surface area contributed by atoms with Gasteiger partial charge in [-0.15, -0.1) is 0 Å². The van der Waals surface area contributed by atoms with Gasteiger partial charge in [-0.1, -0.05) is 0 Å². The Balaban J connectivity index is 2.13. The van der Waals surface area contributed by atoms with E-state index in [0.717, 1.165) is 0 Å². The summed E-state index contributed by atoms with van der Waals surface area (Å²) < 4.78 is 0. The highest BCUT2D eigenvalue weighted by Gasteiger charge is 2.45. The molecule has 3 heterocycles. The summed E-state index contributed by atoms with van der Waals surface area (Å²) in [7, 11) is 0. The highest BCUT2D eigenvalue weighted by Crippen LogP contribution is 2.55. The van der Waals surface area contributed by atoms with Gasteiger partial charge in [-0.05, 0) is 43.8 Å². The zero-order valence-corrected chi connectivity index (χ0v) is 8.41. The normalized spacial score (nSPS) is 27.7. The Kier molecular flexibility index (Phi) is 1.07. The van der Waals surface area contributed by atoms with Gasteiger partial charge in [0.05, 0.1) is 12.1 Å². The molecule has 0 radical (unpaired) electrons. The lowest BCUT2D eigenvalue weighted by atomic mass is 9.92. The van der Waals surface area contributed by atoms with Crippen molar-refractivity contribution < 1.29 is 0 Å². The quantitative estimate of drug-likeness (QED) is 0.655. The maximum Gasteiger partial charge on any atom is 0.0538 e. The van der Waals surface area contributed by atoms with E-state index in [2.05, 4.69) is 26.8 Å². The van der Waals surface area contributed by atoms with Gasteiger partial charge in [0.1, 0.15) is 0 Å². The molecule has 2 unspecified atom stereocenters. The highest BCUT2D eigenvalue weighted by atomic mass is 32.1. The van der Waals surface area contributed by atoms with E-state index in [1.165, 1.54) is 22.3 Å². The van der Waals surface area contributed by atoms with E-state index >= 15 is 0 Å². The van der Waals surface area contributed by atoms with Crippen LogP contribution in [0.5, 0.6) is 0 Å². The first-order chi connectivity index (χ1) is 6.45. The molecule has 2 aliphatic rings. The molecule has 0 bridgehead atoms. The Bertz CT molecular complexity index is 438. The monoisotopic (exact) mass is 205 g/mol. The molecule has 13 heavy (non-hydrogen) atoms. The molecule has 1 nitrogen and oxygen atoms in total. The van der Waals surface area contributed by atoms with Crippen LogP contribution in [-0.2, 0) is 0 Å². The van der Waals surface area contributed by atoms with Crippen LogP contribution in [0.25, 0.3) is 11.1 Å². The average Bonchev–Trinajstić information content (AvgIpc) is 2.67. The van der Waals surface area contributed by atoms with Crippen LogP contribution >= 0.6 is 22.7 Å². The van der Waals surface area contributed by atoms with Crippen LogP contribution in [0.3, 0.4) is 0 Å². The van der Waals surface area contributed by atoms with Gasteiger partial charge in [-0.25, -0.2) is 0 Å². The summed E-state index contributed by atoms with van der Waals surface area (Å²) in [4.78, 5) is 0. The minimum Gasteiger partial charge on any atom is -0.300 e. The molecule has 1 aliphatic carbocycles. The Morgan fingerprint density at radius 1 is 0.846 bits per heavy atom. The second kappa shape index (κ2) is 2.05. The van der Waals surface area contributed by atoms with E-state index in [1.807, 2.05) is 22.7 Å². The molecule has 2 aromatic heterocycles. The van der Waals surface area contributed by atoms with Crippen LogP contribution in [0.2, 0.25) is 0 Å². The van der Waals surface area contributed by atoms with E-state index in [1.54, 1.807) is 0 Å². The fourth-order valence-electron chi connectivity index (χ4n) is 2.21. The number of hydrogen-bond donors (Lipinski definition) is 1. The van der Waals surface area contributed by atoms with Gasteiger partial charge < -0.3 is 0 Å². The van der Waals surface area contributed by atoms with Gasteiger partial charge in [0.25, 0.3) is 0 Å². The zero-order chi connectivity index (χ0) is 8.41. The standard InChI is InChI=1S/C10H7NS2/c1-5-6-2-13-4-8(6)10-9(11-10)7(5)3-12-1/h1-4,9-11H. The lowest BCUT2D eigenvalue weighted by Crippen LogP contribution is -1.92. The van der Waals surface area contributed by atoms with Crippen LogP contribution < -0.4 is 5.32 Å². The molecule has 1 saturated heterocycles. The minimum absolute atomic E-state index is 0.628. The van der Waals surface area contributed by atoms with Gasteiger partial charge >= 0.3 is 0 Å². The smallest absolute Gasteiger partial charge is 0.0538 e. The molecule has 64 valence electrons. The lowest BCUT2D eigenvalue weighted by molar-refractivity contribution is 1.02. The third-order valence-corrected chi connectivity index (χ3v) is 4.45. The van der Waals surface area contributed by atoms with Crippen molar-refractivity contribution in [1.82, 2.24) is 5.32 Å². The highest BCUT2D eigenvalue weighted by molar-refractivity contribution is 7.09. The molecule has 3 heteroatoms. The Morgan fingerprint density at radius 3 is 1.92 bits per heavy atom. The van der Waals surface area contributed by atoms with Crippen LogP contribution in [0.15, 0.2) is 21.5 Å². The van der Waals surface area contributed by atoms with E-state index < -0.39 is 0 Å². The summed E-state index contributed by atoms with van der Waals surface area (Å²) in [6, 6.07) is 1.26. The Labute approximate surface area is 84.0 Å². The summed E-state index contributed by atoms with van der Waals surface area (Å²) in [6.45, 7) is 0. The third-order valence-electron chi connectivity index (χ3n) is 2.93. The van der Waals surface area contributed by atoms with Crippen molar-refractivity contribution in [2.45, 2.75) is 12.1 Å². The molecule has 0 amide bonds. The Hall–Kier alpha value is -0.640. The van der Waals surface area contributed by atoms with Gasteiger partial charge in [-0.2, -0.15) is 22.7 Å². The van der Waals surface area contributed by atoms with Crippen LogP contribution in [-0.4, -0.2) is 0 Å². The van der Waals surface area contributed by atoms with Crippen molar-refractivity contribution in [3.8, 4) is 11.1 Å². The van der Waals surface area contributed by atoms with Crippen molar-refractivity contribution in [1.29, 1.82) is 0 Å². The van der Waals surface area contributed by atoms with Gasteiger partial charge in [-0.3, -0.25) is 5.32 Å². The second-order valence-corrected chi connectivity index (χ2v) is 5.09. The number of fused-ring (bicyclic) bond motifs is 6. The second-order valence-electron chi connectivity index (χ2n) is 3.60. The summed E-state index contributed by atoms with van der Waals surface area (Å²) in [5, 5.41) is 12.6. The number of rotatable bonds is 0. The molecular weight excluding hydrogens is 198 g/mol. The predicted octanol–water partition coefficient (Wildman–Crippen LogP) is 3.18. The zero-order valence-electron chi connectivity index (χ0n) is 6.78. The third kappa shape index (κ3) is 0.713. The Morgan fingerprint density at radius 2 is 1.38 bits per heavy atom. The lowest BCUT2D eigenvalue weighted by Gasteiger charge is -2.08. The molecule has 4 rings (SSSR count). The van der Waals surface area contributed by atoms with E-state index in [9.17, 15) is 0 Å². The van der Waals surface area contributed by atoms with Crippen molar-refractivity contribution in [2.75, 3.05) is 0 Å². The summed E-state index contributed by atoms with van der Waals surface area (Å²) in [5.41, 5.74) is 5.96. The summed E-state index contributed by atoms with van der Waals surface area (Å²) in [6.07, 6.45) is 0. The van der Waals surface area contributed by atoms with Gasteiger partial charge in [0.2, 0.25) is 0 Å². The van der Waals surface area contributed by atoms with Crippen molar-refractivity contribution in [2.24, 2.45) is 0 Å². The molecular formula is C10H7NS2. The van der Waals surface area contributed by atoms with E-state index in [4.69, 9.17) is 0 Å². The van der Waals surface area contributed by atoms with Crippen LogP contribution in [0.4, 0.5) is 0 Å². The van der Waals surface area contributed by atoms with Crippen molar-refractivity contribution in [3.05, 3.63) is 32.6 Å². The molecule has 1 N–H and O–H groups in total. The van der Waals surface area contributed by atoms with Crippen LogP contribution in [0, 0.1) is 0 Å². The summed E-state index contributed by atoms with van der Waals surface area (Å²) >= 11 is 3.63. The number of nitrogens with one attached hydrogen (secondary N) is 1. The van der Waals surface area contributed by atoms with E-state index in [-0.39, 0.29) is 0 Å². The van der Waals surface area contributed by atoms with Gasteiger partial charge in [0, 0.05) is 0 Å². The van der Waals surface area contributed by atoms with Crippen molar-refractivity contribution in [3.63, 3.8) is 0 Å². The first-order valence-corrected chi connectivity index (χ1v) is 6.22. The largest absolute Gasteiger partial charge is 0.300 e. The van der Waals surface area contributed by atoms with E-state index in [0.29, 0.717) is 12.1 Å². The molecule has 0 saturated carbocycles. The predicted molar refractivity (Wildman–Crippen MR) is 56.2 cm³/mol. The first kappa shape index (κ1) is 6.76. The molecule has 2 aromatic rings. The minimum atomic E-state index is 0.628. The number of hydrogen-bond acceptors (Lipinski definition) is 3.